The number of benzene rings is 3. The number of carbonyl (C=O) groups excluding carboxylic acids is 3. The molecule has 0 aliphatic heterocycles. The molecule has 0 aliphatic carbocycles. The number of esters is 1. The summed E-state index contributed by atoms with van der Waals surface area (Å²) >= 11 is 19.3. The van der Waals surface area contributed by atoms with Gasteiger partial charge in [0.15, 0.2) is 0 Å². The summed E-state index contributed by atoms with van der Waals surface area (Å²) in [5.74, 6) is -1.21. The van der Waals surface area contributed by atoms with Crippen LogP contribution in [0.2, 0.25) is 15.1 Å². The van der Waals surface area contributed by atoms with Gasteiger partial charge in [-0.3, -0.25) is 9.59 Å². The average molecular weight is 561 g/mol. The van der Waals surface area contributed by atoms with Crippen LogP contribution in [0.5, 0.6) is 5.75 Å². The van der Waals surface area contributed by atoms with Crippen LogP contribution >= 0.6 is 46.1 Å². The van der Waals surface area contributed by atoms with Crippen molar-refractivity contribution >= 4 is 80.2 Å². The number of ether oxygens (including phenoxy) is 1. The number of fused-ring (bicyclic) bond motifs is 1. The standard InChI is InChI=1S/C25H16Cl3N3O4S/c26-18-10-7-15(11-19(18)27)24(33)29-13-21(32)31-30-12-14-5-8-16(9-6-14)35-25(34)23-22(28)17-3-1-2-4-20(17)36-23/h1-12H,13H2,(H,29,33)(H,31,32)/b30-12+. The van der Waals surface area contributed by atoms with Crippen LogP contribution in [0.3, 0.4) is 0 Å². The number of thiophene rings is 1. The quantitative estimate of drug-likeness (QED) is 0.126. The molecule has 0 spiro atoms. The van der Waals surface area contributed by atoms with Gasteiger partial charge in [-0.15, -0.1) is 11.3 Å². The van der Waals surface area contributed by atoms with Crippen molar-refractivity contribution in [2.24, 2.45) is 5.10 Å². The van der Waals surface area contributed by atoms with Crippen molar-refractivity contribution in [1.29, 1.82) is 0 Å². The molecule has 0 saturated heterocycles. The van der Waals surface area contributed by atoms with Crippen LogP contribution in [0.25, 0.3) is 10.1 Å². The number of hydrogen-bond acceptors (Lipinski definition) is 6. The third-order valence-electron chi connectivity index (χ3n) is 4.81. The van der Waals surface area contributed by atoms with Crippen LogP contribution < -0.4 is 15.5 Å². The fraction of sp³-hybridized carbons (Fsp3) is 0.0400. The molecule has 0 bridgehead atoms. The third kappa shape index (κ3) is 6.22. The van der Waals surface area contributed by atoms with E-state index >= 15 is 0 Å². The minimum Gasteiger partial charge on any atom is -0.422 e. The lowest BCUT2D eigenvalue weighted by molar-refractivity contribution is -0.120. The molecule has 36 heavy (non-hydrogen) atoms. The first-order chi connectivity index (χ1) is 17.3. The molecule has 0 aliphatic rings. The molecule has 7 nitrogen and oxygen atoms in total. The highest BCUT2D eigenvalue weighted by molar-refractivity contribution is 7.21. The molecule has 0 saturated carbocycles. The number of halogens is 3. The monoisotopic (exact) mass is 559 g/mol. The van der Waals surface area contributed by atoms with Gasteiger partial charge in [-0.1, -0.05) is 53.0 Å². The van der Waals surface area contributed by atoms with Crippen LogP contribution in [-0.2, 0) is 4.79 Å². The highest BCUT2D eigenvalue weighted by atomic mass is 35.5. The molecule has 1 heterocycles. The molecule has 182 valence electrons. The van der Waals surface area contributed by atoms with Gasteiger partial charge >= 0.3 is 5.97 Å². The normalized spacial score (nSPS) is 11.0. The van der Waals surface area contributed by atoms with Crippen molar-refractivity contribution < 1.29 is 19.1 Å². The molecule has 11 heteroatoms. The van der Waals surface area contributed by atoms with Gasteiger partial charge in [0.05, 0.1) is 27.8 Å². The van der Waals surface area contributed by atoms with E-state index in [1.165, 1.54) is 35.8 Å². The Balaban J connectivity index is 1.27. The van der Waals surface area contributed by atoms with Crippen LogP contribution in [0.1, 0.15) is 25.6 Å². The number of amides is 2. The Hall–Kier alpha value is -3.43. The van der Waals surface area contributed by atoms with Crippen LogP contribution in [0, 0.1) is 0 Å². The minimum atomic E-state index is -0.544. The van der Waals surface area contributed by atoms with E-state index in [4.69, 9.17) is 39.5 Å². The van der Waals surface area contributed by atoms with Gasteiger partial charge in [-0.2, -0.15) is 5.10 Å². The second kappa shape index (κ2) is 11.5. The summed E-state index contributed by atoms with van der Waals surface area (Å²) in [6, 6.07) is 18.4. The van der Waals surface area contributed by atoms with Gasteiger partial charge in [0, 0.05) is 15.6 Å². The van der Waals surface area contributed by atoms with Crippen LogP contribution in [0.15, 0.2) is 71.8 Å². The highest BCUT2D eigenvalue weighted by Gasteiger charge is 2.19. The Labute approximate surface area is 224 Å². The van der Waals surface area contributed by atoms with Gasteiger partial charge in [0.25, 0.3) is 11.8 Å². The largest absolute Gasteiger partial charge is 0.422 e. The summed E-state index contributed by atoms with van der Waals surface area (Å²) in [6.07, 6.45) is 1.41. The predicted molar refractivity (Wildman–Crippen MR) is 143 cm³/mol. The molecule has 4 rings (SSSR count). The summed E-state index contributed by atoms with van der Waals surface area (Å²) < 4.78 is 6.33. The van der Waals surface area contributed by atoms with Crippen LogP contribution in [-0.4, -0.2) is 30.5 Å². The first-order valence-corrected chi connectivity index (χ1v) is 12.3. The van der Waals surface area contributed by atoms with E-state index < -0.39 is 17.8 Å². The second-order valence-corrected chi connectivity index (χ2v) is 9.55. The number of hydrazone groups is 1. The maximum Gasteiger partial charge on any atom is 0.355 e. The first kappa shape index (κ1) is 25.7. The predicted octanol–water partition coefficient (Wildman–Crippen LogP) is 5.96. The van der Waals surface area contributed by atoms with Crippen molar-refractivity contribution in [2.75, 3.05) is 6.54 Å². The average Bonchev–Trinajstić information content (AvgIpc) is 3.22. The molecule has 2 N–H and O–H groups in total. The van der Waals surface area contributed by atoms with E-state index in [1.54, 1.807) is 24.3 Å². The Morgan fingerprint density at radius 1 is 0.944 bits per heavy atom. The lowest BCUT2D eigenvalue weighted by Gasteiger charge is -2.05. The van der Waals surface area contributed by atoms with E-state index in [0.717, 1.165) is 10.1 Å². The smallest absolute Gasteiger partial charge is 0.355 e. The Morgan fingerprint density at radius 3 is 2.42 bits per heavy atom. The molecule has 0 radical (unpaired) electrons. The highest BCUT2D eigenvalue weighted by Crippen LogP contribution is 2.35. The number of nitrogens with zero attached hydrogens (tertiary/aromatic N) is 1. The molecule has 2 amide bonds. The summed E-state index contributed by atoms with van der Waals surface area (Å²) in [5, 5.41) is 8.05. The Kier molecular flexibility index (Phi) is 8.22. The van der Waals surface area contributed by atoms with Gasteiger partial charge in [-0.25, -0.2) is 10.2 Å². The number of rotatable bonds is 7. The van der Waals surface area contributed by atoms with Crippen molar-refractivity contribution in [2.45, 2.75) is 0 Å². The summed E-state index contributed by atoms with van der Waals surface area (Å²) in [7, 11) is 0. The third-order valence-corrected chi connectivity index (χ3v) is 7.20. The van der Waals surface area contributed by atoms with E-state index in [1.807, 2.05) is 24.3 Å². The van der Waals surface area contributed by atoms with Crippen molar-refractivity contribution in [3.63, 3.8) is 0 Å². The number of hydrogen-bond donors (Lipinski definition) is 2. The molecule has 3 aromatic carbocycles. The zero-order valence-electron chi connectivity index (χ0n) is 18.3. The molecule has 0 unspecified atom stereocenters. The zero-order chi connectivity index (χ0) is 25.7. The van der Waals surface area contributed by atoms with E-state index in [9.17, 15) is 14.4 Å². The molecule has 0 fully saturated rings. The van der Waals surface area contributed by atoms with Gasteiger partial charge in [-0.05, 0) is 54.1 Å². The van der Waals surface area contributed by atoms with Crippen molar-refractivity contribution in [3.8, 4) is 5.75 Å². The van der Waals surface area contributed by atoms with Crippen molar-refractivity contribution in [3.05, 3.63) is 97.8 Å². The lowest BCUT2D eigenvalue weighted by atomic mass is 10.2. The van der Waals surface area contributed by atoms with E-state index in [2.05, 4.69) is 15.8 Å². The molecular formula is C25H16Cl3N3O4S. The fourth-order valence-electron chi connectivity index (χ4n) is 3.04. The molecular weight excluding hydrogens is 545 g/mol. The molecule has 1 aromatic heterocycles. The van der Waals surface area contributed by atoms with Gasteiger partial charge < -0.3 is 10.1 Å². The van der Waals surface area contributed by atoms with E-state index in [-0.39, 0.29) is 17.1 Å². The summed E-state index contributed by atoms with van der Waals surface area (Å²) in [4.78, 5) is 36.9. The maximum absolute atomic E-state index is 12.6. The van der Waals surface area contributed by atoms with Crippen LogP contribution in [0.4, 0.5) is 0 Å². The Morgan fingerprint density at radius 2 is 1.69 bits per heavy atom. The summed E-state index contributed by atoms with van der Waals surface area (Å²) in [5.41, 5.74) is 3.24. The SMILES string of the molecule is O=C(CNC(=O)c1ccc(Cl)c(Cl)c1)N/N=C/c1ccc(OC(=O)c2sc3ccccc3c2Cl)cc1. The molecule has 0 atom stereocenters. The molecule has 4 aromatic rings. The topological polar surface area (TPSA) is 96.9 Å². The Bertz CT molecular complexity index is 1490. The maximum atomic E-state index is 12.6. The second-order valence-electron chi connectivity index (χ2n) is 7.30. The number of carbonyl (C=O) groups is 3. The fourth-order valence-corrected chi connectivity index (χ4v) is 4.72. The minimum absolute atomic E-state index is 0.239. The van der Waals surface area contributed by atoms with Gasteiger partial charge in [0.1, 0.15) is 10.6 Å². The zero-order valence-corrected chi connectivity index (χ0v) is 21.3. The van der Waals surface area contributed by atoms with Crippen molar-refractivity contribution in [1.82, 2.24) is 10.7 Å². The number of nitrogens with one attached hydrogen (secondary N) is 2. The first-order valence-electron chi connectivity index (χ1n) is 10.4. The van der Waals surface area contributed by atoms with E-state index in [0.29, 0.717) is 26.2 Å². The lowest BCUT2D eigenvalue weighted by Crippen LogP contribution is -2.34. The summed E-state index contributed by atoms with van der Waals surface area (Å²) in [6.45, 7) is -0.286. The van der Waals surface area contributed by atoms with Gasteiger partial charge in [0.2, 0.25) is 0 Å².